The van der Waals surface area contributed by atoms with Gasteiger partial charge in [0, 0.05) is 7.05 Å². The van der Waals surface area contributed by atoms with Gasteiger partial charge in [0.1, 0.15) is 17.8 Å². The van der Waals surface area contributed by atoms with Gasteiger partial charge in [0.25, 0.3) is 5.91 Å². The fraction of sp³-hybridized carbons (Fsp3) is 0.409. The van der Waals surface area contributed by atoms with Crippen LogP contribution in [0.1, 0.15) is 48.5 Å². The molecular formula is C22H27N5O2. The lowest BCUT2D eigenvalue weighted by atomic mass is 10.1. The number of oxazole rings is 1. The SMILES string of the molecule is CCCN(CCC)Cc1cnc(-c2ncn3c2CN(C)C(=O)c2ccccc2-3)o1. The molecule has 0 radical (unpaired) electrons. The fourth-order valence-corrected chi connectivity index (χ4v) is 3.89. The third-order valence-electron chi connectivity index (χ3n) is 5.21. The number of imidazole rings is 1. The molecule has 29 heavy (non-hydrogen) atoms. The van der Waals surface area contributed by atoms with E-state index < -0.39 is 0 Å². The molecule has 1 aliphatic rings. The summed E-state index contributed by atoms with van der Waals surface area (Å²) in [6, 6.07) is 7.60. The Kier molecular flexibility index (Phi) is 5.49. The van der Waals surface area contributed by atoms with E-state index in [0.717, 1.165) is 49.6 Å². The first-order valence-electron chi connectivity index (χ1n) is 10.2. The van der Waals surface area contributed by atoms with E-state index in [2.05, 4.69) is 28.7 Å². The highest BCUT2D eigenvalue weighted by molar-refractivity contribution is 5.98. The van der Waals surface area contributed by atoms with Crippen molar-refractivity contribution < 1.29 is 9.21 Å². The molecule has 0 saturated carbocycles. The van der Waals surface area contributed by atoms with Gasteiger partial charge in [-0.1, -0.05) is 26.0 Å². The van der Waals surface area contributed by atoms with E-state index in [4.69, 9.17) is 4.42 Å². The molecule has 0 spiro atoms. The van der Waals surface area contributed by atoms with Gasteiger partial charge in [-0.25, -0.2) is 9.97 Å². The van der Waals surface area contributed by atoms with Crippen molar-refractivity contribution in [3.8, 4) is 17.3 Å². The van der Waals surface area contributed by atoms with E-state index >= 15 is 0 Å². The van der Waals surface area contributed by atoms with Crippen LogP contribution in [-0.4, -0.2) is 50.4 Å². The molecule has 0 atom stereocenters. The van der Waals surface area contributed by atoms with Crippen molar-refractivity contribution in [3.05, 3.63) is 53.8 Å². The zero-order valence-corrected chi connectivity index (χ0v) is 17.3. The van der Waals surface area contributed by atoms with Crippen LogP contribution in [0.25, 0.3) is 17.3 Å². The molecule has 0 saturated heterocycles. The zero-order chi connectivity index (χ0) is 20.4. The van der Waals surface area contributed by atoms with Gasteiger partial charge in [-0.15, -0.1) is 0 Å². The van der Waals surface area contributed by atoms with Crippen molar-refractivity contribution in [1.29, 1.82) is 0 Å². The van der Waals surface area contributed by atoms with E-state index in [-0.39, 0.29) is 5.91 Å². The largest absolute Gasteiger partial charge is 0.438 e. The number of benzene rings is 1. The highest BCUT2D eigenvalue weighted by Gasteiger charge is 2.27. The summed E-state index contributed by atoms with van der Waals surface area (Å²) in [4.78, 5) is 25.9. The smallest absolute Gasteiger partial charge is 0.256 e. The predicted molar refractivity (Wildman–Crippen MR) is 111 cm³/mol. The molecule has 2 aromatic heterocycles. The van der Waals surface area contributed by atoms with Crippen molar-refractivity contribution in [2.45, 2.75) is 39.8 Å². The maximum absolute atomic E-state index is 12.7. The normalized spacial score (nSPS) is 13.5. The summed E-state index contributed by atoms with van der Waals surface area (Å²) in [5.41, 5.74) is 3.09. The standard InChI is InChI=1S/C22H27N5O2/c1-4-10-26(11-5-2)13-16-12-23-21(29-16)20-19-14-25(3)22(28)17-8-6-7-9-18(17)27(19)15-24-20/h6-9,12,15H,4-5,10-11,13-14H2,1-3H3. The van der Waals surface area contributed by atoms with Crippen molar-refractivity contribution in [2.24, 2.45) is 0 Å². The van der Waals surface area contributed by atoms with Crippen molar-refractivity contribution in [2.75, 3.05) is 20.1 Å². The average molecular weight is 393 g/mol. The van der Waals surface area contributed by atoms with Crippen LogP contribution in [0.4, 0.5) is 0 Å². The average Bonchev–Trinajstić information content (AvgIpc) is 3.32. The number of hydrogen-bond donors (Lipinski definition) is 0. The number of amides is 1. The quantitative estimate of drug-likeness (QED) is 0.612. The van der Waals surface area contributed by atoms with Gasteiger partial charge in [0.15, 0.2) is 0 Å². The van der Waals surface area contributed by atoms with E-state index in [9.17, 15) is 4.79 Å². The Labute approximate surface area is 171 Å². The summed E-state index contributed by atoms with van der Waals surface area (Å²) in [6.07, 6.45) is 5.75. The molecule has 0 fully saturated rings. The Morgan fingerprint density at radius 1 is 1.14 bits per heavy atom. The van der Waals surface area contributed by atoms with Gasteiger partial charge >= 0.3 is 0 Å². The van der Waals surface area contributed by atoms with Crippen LogP contribution in [0.2, 0.25) is 0 Å². The summed E-state index contributed by atoms with van der Waals surface area (Å²) in [7, 11) is 1.81. The number of aromatic nitrogens is 3. The van der Waals surface area contributed by atoms with Crippen molar-refractivity contribution in [3.63, 3.8) is 0 Å². The Balaban J connectivity index is 1.67. The van der Waals surface area contributed by atoms with Crippen LogP contribution in [0.5, 0.6) is 0 Å². The first-order valence-corrected chi connectivity index (χ1v) is 10.2. The number of carbonyl (C=O) groups excluding carboxylic acids is 1. The Morgan fingerprint density at radius 3 is 2.66 bits per heavy atom. The third kappa shape index (κ3) is 3.70. The number of fused-ring (bicyclic) bond motifs is 3. The van der Waals surface area contributed by atoms with Crippen LogP contribution < -0.4 is 0 Å². The summed E-state index contributed by atoms with van der Waals surface area (Å²) in [5, 5.41) is 0. The summed E-state index contributed by atoms with van der Waals surface area (Å²) < 4.78 is 8.04. The van der Waals surface area contributed by atoms with Gasteiger partial charge in [-0.3, -0.25) is 14.3 Å². The highest BCUT2D eigenvalue weighted by atomic mass is 16.4. The summed E-state index contributed by atoms with van der Waals surface area (Å²) in [5.74, 6) is 1.34. The van der Waals surface area contributed by atoms with Gasteiger partial charge in [0.2, 0.25) is 5.89 Å². The molecule has 0 aliphatic carbocycles. The minimum atomic E-state index is -0.00174. The molecule has 3 aromatic rings. The minimum absolute atomic E-state index is 0.00174. The van der Waals surface area contributed by atoms with Gasteiger partial charge in [-0.2, -0.15) is 0 Å². The van der Waals surface area contributed by atoms with Crippen LogP contribution in [0.3, 0.4) is 0 Å². The molecule has 0 unspecified atom stereocenters. The maximum atomic E-state index is 12.7. The molecule has 4 rings (SSSR count). The number of nitrogens with zero attached hydrogens (tertiary/aromatic N) is 5. The van der Waals surface area contributed by atoms with E-state index in [1.165, 1.54) is 0 Å². The van der Waals surface area contributed by atoms with Gasteiger partial charge in [-0.05, 0) is 38.1 Å². The lowest BCUT2D eigenvalue weighted by Crippen LogP contribution is -2.25. The molecule has 3 heterocycles. The zero-order valence-electron chi connectivity index (χ0n) is 17.3. The van der Waals surface area contributed by atoms with Crippen LogP contribution in [-0.2, 0) is 13.1 Å². The van der Waals surface area contributed by atoms with Crippen LogP contribution in [0.15, 0.2) is 41.2 Å². The highest BCUT2D eigenvalue weighted by Crippen LogP contribution is 2.30. The number of hydrogen-bond acceptors (Lipinski definition) is 5. The molecule has 7 heteroatoms. The molecule has 152 valence electrons. The number of rotatable bonds is 7. The fourth-order valence-electron chi connectivity index (χ4n) is 3.89. The van der Waals surface area contributed by atoms with Gasteiger partial charge < -0.3 is 9.32 Å². The van der Waals surface area contributed by atoms with Crippen LogP contribution >= 0.6 is 0 Å². The molecule has 7 nitrogen and oxygen atoms in total. The molecular weight excluding hydrogens is 366 g/mol. The number of carbonyl (C=O) groups is 1. The van der Waals surface area contributed by atoms with Crippen LogP contribution in [0, 0.1) is 0 Å². The molecule has 1 aliphatic heterocycles. The van der Waals surface area contributed by atoms with Gasteiger partial charge in [0.05, 0.1) is 36.2 Å². The Morgan fingerprint density at radius 2 is 1.90 bits per heavy atom. The second kappa shape index (κ2) is 8.21. The first kappa shape index (κ1) is 19.4. The molecule has 1 aromatic carbocycles. The molecule has 0 bridgehead atoms. The van der Waals surface area contributed by atoms with Crippen molar-refractivity contribution in [1.82, 2.24) is 24.3 Å². The van der Waals surface area contributed by atoms with E-state index in [0.29, 0.717) is 23.7 Å². The number of para-hydroxylation sites is 1. The summed E-state index contributed by atoms with van der Waals surface area (Å²) in [6.45, 7) is 7.63. The molecule has 0 N–H and O–H groups in total. The Hall–Kier alpha value is -2.93. The second-order valence-corrected chi connectivity index (χ2v) is 7.50. The first-order chi connectivity index (χ1) is 14.1. The predicted octanol–water partition coefficient (Wildman–Crippen LogP) is 3.73. The van der Waals surface area contributed by atoms with Crippen molar-refractivity contribution >= 4 is 5.91 Å². The lowest BCUT2D eigenvalue weighted by molar-refractivity contribution is 0.0788. The molecule has 1 amide bonds. The Bertz CT molecular complexity index is 1000. The maximum Gasteiger partial charge on any atom is 0.256 e. The second-order valence-electron chi connectivity index (χ2n) is 7.50. The van der Waals surface area contributed by atoms with E-state index in [1.54, 1.807) is 24.5 Å². The third-order valence-corrected chi connectivity index (χ3v) is 5.21. The van der Waals surface area contributed by atoms with E-state index in [1.807, 2.05) is 28.8 Å². The topological polar surface area (TPSA) is 67.4 Å². The monoisotopic (exact) mass is 393 g/mol. The minimum Gasteiger partial charge on any atom is -0.438 e. The summed E-state index contributed by atoms with van der Waals surface area (Å²) >= 11 is 0. The lowest BCUT2D eigenvalue weighted by Gasteiger charge is -2.18.